The molecule has 0 heterocycles. The molecule has 1 aliphatic carbocycles. The van der Waals surface area contributed by atoms with Gasteiger partial charge in [0.15, 0.2) is 0 Å². The molecule has 0 bridgehead atoms. The maximum atomic E-state index is 6.58. The van der Waals surface area contributed by atoms with Crippen LogP contribution in [0, 0.1) is 18.8 Å². The summed E-state index contributed by atoms with van der Waals surface area (Å²) in [4.78, 5) is 0. The van der Waals surface area contributed by atoms with Crippen molar-refractivity contribution in [3.05, 3.63) is 35.4 Å². The summed E-state index contributed by atoms with van der Waals surface area (Å²) in [6.45, 7) is 6.80. The number of aryl methyl sites for hydroxylation is 1. The van der Waals surface area contributed by atoms with Gasteiger partial charge >= 0.3 is 0 Å². The number of rotatable bonds is 1. The van der Waals surface area contributed by atoms with Crippen LogP contribution in [0.5, 0.6) is 0 Å². The van der Waals surface area contributed by atoms with E-state index in [4.69, 9.17) is 5.73 Å². The molecular formula is C15H23N. The third-order valence-electron chi connectivity index (χ3n) is 4.33. The molecule has 0 spiro atoms. The lowest BCUT2D eigenvalue weighted by molar-refractivity contribution is 0.177. The average Bonchev–Trinajstić information content (AvgIpc) is 2.25. The van der Waals surface area contributed by atoms with Gasteiger partial charge in [0, 0.05) is 5.54 Å². The molecule has 88 valence electrons. The van der Waals surface area contributed by atoms with Gasteiger partial charge < -0.3 is 5.73 Å². The second-order valence-corrected chi connectivity index (χ2v) is 5.72. The zero-order valence-electron chi connectivity index (χ0n) is 10.7. The van der Waals surface area contributed by atoms with Crippen molar-refractivity contribution < 1.29 is 0 Å². The van der Waals surface area contributed by atoms with Crippen LogP contribution in [-0.4, -0.2) is 0 Å². The van der Waals surface area contributed by atoms with E-state index in [1.165, 1.54) is 17.5 Å². The highest BCUT2D eigenvalue weighted by molar-refractivity contribution is 5.28. The molecule has 1 nitrogen and oxygen atoms in total. The molecule has 0 aliphatic heterocycles. The van der Waals surface area contributed by atoms with Gasteiger partial charge in [-0.25, -0.2) is 0 Å². The molecule has 1 aromatic rings. The van der Waals surface area contributed by atoms with Crippen LogP contribution in [0.4, 0.5) is 0 Å². The lowest BCUT2D eigenvalue weighted by Gasteiger charge is -2.40. The van der Waals surface area contributed by atoms with E-state index >= 15 is 0 Å². The van der Waals surface area contributed by atoms with E-state index in [9.17, 15) is 0 Å². The van der Waals surface area contributed by atoms with Gasteiger partial charge in [-0.05, 0) is 43.6 Å². The molecule has 1 aromatic carbocycles. The predicted molar refractivity (Wildman–Crippen MR) is 69.2 cm³/mol. The summed E-state index contributed by atoms with van der Waals surface area (Å²) in [7, 11) is 0. The Labute approximate surface area is 99.0 Å². The van der Waals surface area contributed by atoms with Crippen molar-refractivity contribution >= 4 is 0 Å². The van der Waals surface area contributed by atoms with Crippen LogP contribution in [0.25, 0.3) is 0 Å². The van der Waals surface area contributed by atoms with Crippen molar-refractivity contribution in [3.8, 4) is 0 Å². The van der Waals surface area contributed by atoms with Gasteiger partial charge in [0.25, 0.3) is 0 Å². The minimum absolute atomic E-state index is 0.0837. The molecule has 0 radical (unpaired) electrons. The molecule has 0 aromatic heterocycles. The second kappa shape index (κ2) is 4.21. The highest BCUT2D eigenvalue weighted by Gasteiger charge is 2.35. The Balaban J connectivity index is 2.22. The van der Waals surface area contributed by atoms with E-state index in [-0.39, 0.29) is 5.54 Å². The van der Waals surface area contributed by atoms with Crippen LogP contribution in [-0.2, 0) is 5.54 Å². The normalized spacial score (nSPS) is 35.0. The first-order valence-electron chi connectivity index (χ1n) is 6.37. The summed E-state index contributed by atoms with van der Waals surface area (Å²) >= 11 is 0. The molecule has 2 rings (SSSR count). The summed E-state index contributed by atoms with van der Waals surface area (Å²) in [5.41, 5.74) is 9.13. The SMILES string of the molecule is Cc1ccc(C2(N)CCC(C)C(C)C2)cc1. The standard InChI is InChI=1S/C15H23N/c1-11-4-6-14(7-5-11)15(16)9-8-12(2)13(3)10-15/h4-7,12-13H,8-10,16H2,1-3H3. The summed E-state index contributed by atoms with van der Waals surface area (Å²) in [6, 6.07) is 8.76. The van der Waals surface area contributed by atoms with E-state index in [1.807, 2.05) is 0 Å². The number of nitrogens with two attached hydrogens (primary N) is 1. The quantitative estimate of drug-likeness (QED) is 0.764. The van der Waals surface area contributed by atoms with E-state index in [0.717, 1.165) is 24.7 Å². The van der Waals surface area contributed by atoms with Crippen molar-refractivity contribution in [2.45, 2.75) is 45.6 Å². The molecule has 1 fully saturated rings. The van der Waals surface area contributed by atoms with Crippen molar-refractivity contribution in [3.63, 3.8) is 0 Å². The predicted octanol–water partition coefficient (Wildman–Crippen LogP) is 3.61. The van der Waals surface area contributed by atoms with Crippen LogP contribution in [0.15, 0.2) is 24.3 Å². The highest BCUT2D eigenvalue weighted by Crippen LogP contribution is 2.40. The topological polar surface area (TPSA) is 26.0 Å². The molecule has 1 heteroatoms. The summed E-state index contributed by atoms with van der Waals surface area (Å²) < 4.78 is 0. The van der Waals surface area contributed by atoms with Gasteiger partial charge in [0.05, 0.1) is 0 Å². The van der Waals surface area contributed by atoms with Gasteiger partial charge in [-0.2, -0.15) is 0 Å². The van der Waals surface area contributed by atoms with E-state index in [2.05, 4.69) is 45.0 Å². The minimum atomic E-state index is -0.0837. The molecular weight excluding hydrogens is 194 g/mol. The Morgan fingerprint density at radius 1 is 1.12 bits per heavy atom. The van der Waals surface area contributed by atoms with Crippen molar-refractivity contribution in [2.24, 2.45) is 17.6 Å². The smallest absolute Gasteiger partial charge is 0.0412 e. The Morgan fingerprint density at radius 2 is 1.75 bits per heavy atom. The Bertz CT molecular complexity index is 354. The van der Waals surface area contributed by atoms with Crippen LogP contribution in [0.2, 0.25) is 0 Å². The minimum Gasteiger partial charge on any atom is -0.321 e. The van der Waals surface area contributed by atoms with Gasteiger partial charge in [-0.3, -0.25) is 0 Å². The molecule has 0 saturated heterocycles. The lowest BCUT2D eigenvalue weighted by Crippen LogP contribution is -2.43. The van der Waals surface area contributed by atoms with Crippen LogP contribution in [0.3, 0.4) is 0 Å². The molecule has 3 atom stereocenters. The molecule has 1 aliphatic rings. The van der Waals surface area contributed by atoms with Crippen molar-refractivity contribution in [1.82, 2.24) is 0 Å². The van der Waals surface area contributed by atoms with Gasteiger partial charge in [0.2, 0.25) is 0 Å². The molecule has 2 N–H and O–H groups in total. The third-order valence-corrected chi connectivity index (χ3v) is 4.33. The highest BCUT2D eigenvalue weighted by atomic mass is 14.8. The zero-order valence-corrected chi connectivity index (χ0v) is 10.7. The Kier molecular flexibility index (Phi) is 3.07. The molecule has 1 saturated carbocycles. The first kappa shape index (κ1) is 11.7. The fourth-order valence-corrected chi connectivity index (χ4v) is 2.80. The summed E-state index contributed by atoms with van der Waals surface area (Å²) in [5.74, 6) is 1.56. The van der Waals surface area contributed by atoms with Crippen LogP contribution >= 0.6 is 0 Å². The maximum Gasteiger partial charge on any atom is 0.0412 e. The Hall–Kier alpha value is -0.820. The maximum absolute atomic E-state index is 6.58. The number of hydrogen-bond donors (Lipinski definition) is 1. The fraction of sp³-hybridized carbons (Fsp3) is 0.600. The first-order chi connectivity index (χ1) is 7.51. The second-order valence-electron chi connectivity index (χ2n) is 5.72. The average molecular weight is 217 g/mol. The fourth-order valence-electron chi connectivity index (χ4n) is 2.80. The van der Waals surface area contributed by atoms with Gasteiger partial charge in [0.1, 0.15) is 0 Å². The zero-order chi connectivity index (χ0) is 11.8. The van der Waals surface area contributed by atoms with E-state index in [1.54, 1.807) is 0 Å². The largest absolute Gasteiger partial charge is 0.321 e. The van der Waals surface area contributed by atoms with Gasteiger partial charge in [-0.15, -0.1) is 0 Å². The third kappa shape index (κ3) is 2.15. The summed E-state index contributed by atoms with van der Waals surface area (Å²) in [6.07, 6.45) is 3.50. The van der Waals surface area contributed by atoms with Gasteiger partial charge in [-0.1, -0.05) is 43.7 Å². The Morgan fingerprint density at radius 3 is 2.31 bits per heavy atom. The van der Waals surface area contributed by atoms with Crippen LogP contribution in [0.1, 0.15) is 44.2 Å². The number of benzene rings is 1. The first-order valence-corrected chi connectivity index (χ1v) is 6.37. The monoisotopic (exact) mass is 217 g/mol. The lowest BCUT2D eigenvalue weighted by atomic mass is 9.69. The molecule has 16 heavy (non-hydrogen) atoms. The van der Waals surface area contributed by atoms with Crippen molar-refractivity contribution in [2.75, 3.05) is 0 Å². The summed E-state index contributed by atoms with van der Waals surface area (Å²) in [5, 5.41) is 0. The van der Waals surface area contributed by atoms with Crippen molar-refractivity contribution in [1.29, 1.82) is 0 Å². The van der Waals surface area contributed by atoms with E-state index < -0.39 is 0 Å². The number of hydrogen-bond acceptors (Lipinski definition) is 1. The molecule has 0 amide bonds. The molecule has 3 unspecified atom stereocenters. The van der Waals surface area contributed by atoms with E-state index in [0.29, 0.717) is 0 Å². The van der Waals surface area contributed by atoms with Crippen LogP contribution < -0.4 is 5.73 Å².